The average Bonchev–Trinajstić information content (AvgIpc) is 2.96. The zero-order valence-corrected chi connectivity index (χ0v) is 13.3. The number of rotatable bonds is 4. The number of nitrogens with zero attached hydrogens (tertiary/aromatic N) is 1. The number of halogens is 2. The normalized spacial score (nSPS) is 15.3. The molecule has 4 nitrogen and oxygen atoms in total. The van der Waals surface area contributed by atoms with Crippen LogP contribution in [0.2, 0.25) is 4.34 Å². The molecule has 1 aromatic heterocycles. The molecule has 1 unspecified atom stereocenters. The number of hydrogen-bond acceptors (Lipinski definition) is 3. The number of fused-ring (bicyclic) bond motifs is 1. The number of nitrogens with one attached hydrogen (secondary N) is 1. The summed E-state index contributed by atoms with van der Waals surface area (Å²) < 4.78 is 14.1. The number of carbonyl (C=O) groups is 2. The number of hydrogen-bond donors (Lipinski definition) is 1. The smallest absolute Gasteiger partial charge is 0.303 e. The van der Waals surface area contributed by atoms with Crippen LogP contribution in [0.25, 0.3) is 0 Å². The molecule has 0 fully saturated rings. The molecule has 114 valence electrons. The molecule has 7 heteroatoms. The van der Waals surface area contributed by atoms with E-state index in [0.29, 0.717) is 16.6 Å². The summed E-state index contributed by atoms with van der Waals surface area (Å²) in [6, 6.07) is 7.54. The predicted molar refractivity (Wildman–Crippen MR) is 83.0 cm³/mol. The van der Waals surface area contributed by atoms with Gasteiger partial charge in [-0.05, 0) is 30.3 Å². The summed E-state index contributed by atoms with van der Waals surface area (Å²) in [5, 5.41) is 0. The van der Waals surface area contributed by atoms with Gasteiger partial charge in [-0.25, -0.2) is 4.39 Å². The monoisotopic (exact) mass is 339 g/mol. The number of anilines is 1. The second-order valence-corrected chi connectivity index (χ2v) is 7.02. The summed E-state index contributed by atoms with van der Waals surface area (Å²) >= 11 is 7.38. The first kappa shape index (κ1) is 15.1. The molecule has 0 bridgehead atoms. The fraction of sp³-hybridized carbons (Fsp3) is 0.200. The Labute approximate surface area is 135 Å². The van der Waals surface area contributed by atoms with Gasteiger partial charge in [-0.15, -0.1) is 11.3 Å². The maximum atomic E-state index is 13.4. The number of benzene rings is 1. The molecule has 3 rings (SSSR count). The van der Waals surface area contributed by atoms with Crippen LogP contribution in [0.4, 0.5) is 10.1 Å². The second kappa shape index (κ2) is 5.79. The van der Waals surface area contributed by atoms with Crippen LogP contribution in [0.1, 0.15) is 15.2 Å². The van der Waals surface area contributed by atoms with Crippen molar-refractivity contribution < 1.29 is 18.9 Å². The molecule has 22 heavy (non-hydrogen) atoms. The Morgan fingerprint density at radius 3 is 2.73 bits per heavy atom. The van der Waals surface area contributed by atoms with Crippen LogP contribution in [-0.2, 0) is 11.3 Å². The Bertz CT molecular complexity index is 762. The number of amides is 1. The predicted octanol–water partition coefficient (Wildman–Crippen LogP) is 1.74. The summed E-state index contributed by atoms with van der Waals surface area (Å²) in [4.78, 5) is 27.4. The minimum atomic E-state index is -0.607. The highest BCUT2D eigenvalue weighted by Crippen LogP contribution is 2.28. The van der Waals surface area contributed by atoms with E-state index in [2.05, 4.69) is 0 Å². The minimum Gasteiger partial charge on any atom is -0.315 e. The molecule has 0 saturated carbocycles. The van der Waals surface area contributed by atoms with Crippen molar-refractivity contribution in [2.24, 2.45) is 0 Å². The van der Waals surface area contributed by atoms with Crippen LogP contribution in [0.5, 0.6) is 0 Å². The van der Waals surface area contributed by atoms with E-state index in [9.17, 15) is 14.0 Å². The minimum absolute atomic E-state index is 0.262. The number of Topliss-reactive ketones (excluding diaryl/α,β-unsaturated/α-hetero) is 1. The lowest BCUT2D eigenvalue weighted by Crippen LogP contribution is -3.09. The molecule has 1 aliphatic rings. The van der Waals surface area contributed by atoms with E-state index in [-0.39, 0.29) is 12.2 Å². The SMILES string of the molecule is C[NH+](Cc1ccc(Cl)s1)CN1C(=O)C(=O)c2ccc(F)cc21. The maximum absolute atomic E-state index is 13.4. The first-order valence-corrected chi connectivity index (χ1v) is 7.86. The molecule has 2 heterocycles. The topological polar surface area (TPSA) is 41.8 Å². The number of thiophene rings is 1. The van der Waals surface area contributed by atoms with Crippen molar-refractivity contribution in [3.05, 3.63) is 50.9 Å². The summed E-state index contributed by atoms with van der Waals surface area (Å²) in [6.45, 7) is 0.955. The highest BCUT2D eigenvalue weighted by Gasteiger charge is 2.37. The van der Waals surface area contributed by atoms with Gasteiger partial charge in [0.15, 0.2) is 6.67 Å². The maximum Gasteiger partial charge on any atom is 0.303 e. The molecular formula is C15H13ClFN2O2S+. The molecule has 0 aliphatic carbocycles. The molecule has 1 atom stereocenters. The van der Waals surface area contributed by atoms with Gasteiger partial charge in [0.1, 0.15) is 12.4 Å². The third kappa shape index (κ3) is 2.77. The van der Waals surface area contributed by atoms with Gasteiger partial charge in [-0.1, -0.05) is 11.6 Å². The Morgan fingerprint density at radius 1 is 1.27 bits per heavy atom. The van der Waals surface area contributed by atoms with Crippen molar-refractivity contribution in [2.45, 2.75) is 6.54 Å². The number of carbonyl (C=O) groups excluding carboxylic acids is 2. The summed E-state index contributed by atoms with van der Waals surface area (Å²) in [7, 11) is 1.91. The summed E-state index contributed by atoms with van der Waals surface area (Å²) in [5.74, 6) is -1.65. The Morgan fingerprint density at radius 2 is 2.05 bits per heavy atom. The lowest BCUT2D eigenvalue weighted by atomic mass is 10.1. The molecule has 1 amide bonds. The van der Waals surface area contributed by atoms with Gasteiger partial charge in [0, 0.05) is 0 Å². The largest absolute Gasteiger partial charge is 0.315 e. The van der Waals surface area contributed by atoms with Crippen LogP contribution in [0, 0.1) is 5.82 Å². The van der Waals surface area contributed by atoms with Gasteiger partial charge in [0.25, 0.3) is 5.78 Å². The molecule has 1 aliphatic heterocycles. The van der Waals surface area contributed by atoms with E-state index in [0.717, 1.165) is 9.78 Å². The lowest BCUT2D eigenvalue weighted by molar-refractivity contribution is -0.892. The van der Waals surface area contributed by atoms with Crippen LogP contribution in [0.3, 0.4) is 0 Å². The molecule has 2 aromatic rings. The second-order valence-electron chi connectivity index (χ2n) is 5.22. The van der Waals surface area contributed by atoms with Crippen molar-refractivity contribution >= 4 is 40.3 Å². The van der Waals surface area contributed by atoms with E-state index >= 15 is 0 Å². The Balaban J connectivity index is 1.79. The van der Waals surface area contributed by atoms with Gasteiger partial charge in [-0.3, -0.25) is 14.5 Å². The third-order valence-corrected chi connectivity index (χ3v) is 4.70. The molecule has 0 spiro atoms. The van der Waals surface area contributed by atoms with E-state index in [1.54, 1.807) is 0 Å². The van der Waals surface area contributed by atoms with Crippen LogP contribution in [-0.4, -0.2) is 25.4 Å². The molecule has 0 radical (unpaired) electrons. The molecule has 0 saturated heterocycles. The molecular weight excluding hydrogens is 327 g/mol. The highest BCUT2D eigenvalue weighted by molar-refractivity contribution is 7.16. The van der Waals surface area contributed by atoms with Crippen molar-refractivity contribution in [3.8, 4) is 0 Å². The average molecular weight is 340 g/mol. The lowest BCUT2D eigenvalue weighted by Gasteiger charge is -2.21. The molecule has 1 N–H and O–H groups in total. The van der Waals surface area contributed by atoms with Gasteiger partial charge < -0.3 is 4.90 Å². The summed E-state index contributed by atoms with van der Waals surface area (Å²) in [6.07, 6.45) is 0. The fourth-order valence-corrected chi connectivity index (χ4v) is 3.70. The first-order chi connectivity index (χ1) is 10.5. The zero-order chi connectivity index (χ0) is 15.9. The van der Waals surface area contributed by atoms with Crippen LogP contribution in [0.15, 0.2) is 30.3 Å². The number of quaternary nitrogens is 1. The van der Waals surface area contributed by atoms with E-state index < -0.39 is 17.5 Å². The van der Waals surface area contributed by atoms with E-state index in [1.807, 2.05) is 19.2 Å². The van der Waals surface area contributed by atoms with E-state index in [1.165, 1.54) is 34.4 Å². The van der Waals surface area contributed by atoms with E-state index in [4.69, 9.17) is 11.6 Å². The zero-order valence-electron chi connectivity index (χ0n) is 11.7. The van der Waals surface area contributed by atoms with Crippen molar-refractivity contribution in [3.63, 3.8) is 0 Å². The van der Waals surface area contributed by atoms with Crippen molar-refractivity contribution in [1.82, 2.24) is 0 Å². The Hall–Kier alpha value is -1.76. The van der Waals surface area contributed by atoms with Crippen molar-refractivity contribution in [1.29, 1.82) is 0 Å². The fourth-order valence-electron chi connectivity index (χ4n) is 2.49. The summed E-state index contributed by atoms with van der Waals surface area (Å²) in [5.41, 5.74) is 0.608. The number of ketones is 1. The van der Waals surface area contributed by atoms with Crippen LogP contribution < -0.4 is 9.80 Å². The van der Waals surface area contributed by atoms with Crippen LogP contribution >= 0.6 is 22.9 Å². The standard InChI is InChI=1S/C15H12ClFN2O2S/c1-18(7-10-3-5-13(16)22-10)8-19-12-6-9(17)2-4-11(12)14(20)15(19)21/h2-6H,7-8H2,1H3/p+1. The quantitative estimate of drug-likeness (QED) is 0.862. The van der Waals surface area contributed by atoms with Gasteiger partial charge in [-0.2, -0.15) is 0 Å². The van der Waals surface area contributed by atoms with Crippen molar-refractivity contribution in [2.75, 3.05) is 18.6 Å². The third-order valence-electron chi connectivity index (χ3n) is 3.47. The van der Waals surface area contributed by atoms with Gasteiger partial charge >= 0.3 is 5.91 Å². The molecule has 1 aromatic carbocycles. The Kier molecular flexibility index (Phi) is 3.99. The highest BCUT2D eigenvalue weighted by atomic mass is 35.5. The van der Waals surface area contributed by atoms with Gasteiger partial charge in [0.2, 0.25) is 0 Å². The van der Waals surface area contributed by atoms with Gasteiger partial charge in [0.05, 0.1) is 27.5 Å². The first-order valence-electron chi connectivity index (χ1n) is 6.67.